The number of esters is 2. The summed E-state index contributed by atoms with van der Waals surface area (Å²) < 4.78 is 5.98. The Balaban J connectivity index is 1.79. The Labute approximate surface area is 159 Å². The molecule has 0 aliphatic carbocycles. The van der Waals surface area contributed by atoms with Crippen molar-refractivity contribution >= 4 is 34.5 Å². The number of hydrogen-bond donors (Lipinski definition) is 0. The van der Waals surface area contributed by atoms with Gasteiger partial charge in [0.25, 0.3) is 0 Å². The molecule has 3 rings (SSSR count). The fourth-order valence-corrected chi connectivity index (χ4v) is 2.89. The zero-order chi connectivity index (χ0) is 17.8. The lowest BCUT2D eigenvalue weighted by atomic mass is 10.0. The number of ether oxygens (including phenoxy) is 1. The molecule has 0 fully saturated rings. The van der Waals surface area contributed by atoms with Gasteiger partial charge < -0.3 is 4.74 Å². The van der Waals surface area contributed by atoms with Crippen molar-refractivity contribution in [3.05, 3.63) is 93.1 Å². The summed E-state index contributed by atoms with van der Waals surface area (Å²) in [5.41, 5.74) is 3.67. The highest BCUT2D eigenvalue weighted by Gasteiger charge is 2.16. The normalized spacial score (nSPS) is 10.3. The molecule has 4 heteroatoms. The number of carbonyl (C=O) groups is 2. The van der Waals surface area contributed by atoms with Crippen LogP contribution in [0.25, 0.3) is 11.1 Å². The van der Waals surface area contributed by atoms with Gasteiger partial charge in [-0.1, -0.05) is 48.5 Å². The first-order chi connectivity index (χ1) is 12.0. The summed E-state index contributed by atoms with van der Waals surface area (Å²) in [5, 5.41) is 0. The van der Waals surface area contributed by atoms with Crippen LogP contribution in [0.5, 0.6) is 0 Å². The SMILES string of the molecule is Cc1ccc(C(=O)OC(=O)c2cccc(-c3ccccc3)c2)cc1I. The lowest BCUT2D eigenvalue weighted by Crippen LogP contribution is -2.13. The highest BCUT2D eigenvalue weighted by atomic mass is 127. The lowest BCUT2D eigenvalue weighted by Gasteiger charge is -2.07. The first-order valence-corrected chi connectivity index (χ1v) is 8.80. The van der Waals surface area contributed by atoms with E-state index in [-0.39, 0.29) is 0 Å². The smallest absolute Gasteiger partial charge is 0.346 e. The highest BCUT2D eigenvalue weighted by molar-refractivity contribution is 14.1. The molecule has 0 saturated carbocycles. The molecule has 0 N–H and O–H groups in total. The maximum Gasteiger partial charge on any atom is 0.346 e. The maximum absolute atomic E-state index is 12.3. The van der Waals surface area contributed by atoms with Gasteiger partial charge in [-0.2, -0.15) is 0 Å². The Morgan fingerprint density at radius 1 is 0.760 bits per heavy atom. The van der Waals surface area contributed by atoms with Crippen molar-refractivity contribution in [1.82, 2.24) is 0 Å². The average Bonchev–Trinajstić information content (AvgIpc) is 2.64. The van der Waals surface area contributed by atoms with Crippen molar-refractivity contribution in [2.75, 3.05) is 0 Å². The third-order valence-corrected chi connectivity index (χ3v) is 4.96. The van der Waals surface area contributed by atoms with E-state index in [0.29, 0.717) is 11.1 Å². The van der Waals surface area contributed by atoms with Crippen LogP contribution < -0.4 is 0 Å². The van der Waals surface area contributed by atoms with Crippen LogP contribution >= 0.6 is 22.6 Å². The number of hydrogen-bond acceptors (Lipinski definition) is 3. The van der Waals surface area contributed by atoms with Crippen LogP contribution in [-0.4, -0.2) is 11.9 Å². The van der Waals surface area contributed by atoms with Gasteiger partial charge in [0.1, 0.15) is 0 Å². The molecule has 0 aromatic heterocycles. The second-order valence-electron chi connectivity index (χ2n) is 5.59. The number of aryl methyl sites for hydroxylation is 1. The standard InChI is InChI=1S/C21H15IO3/c1-14-10-11-18(13-19(14)22)21(24)25-20(23)17-9-5-8-16(12-17)15-6-3-2-4-7-15/h2-13H,1H3. The van der Waals surface area contributed by atoms with Gasteiger partial charge in [-0.3, -0.25) is 0 Å². The quantitative estimate of drug-likeness (QED) is 0.316. The summed E-state index contributed by atoms with van der Waals surface area (Å²) in [6.45, 7) is 1.96. The molecule has 124 valence electrons. The molecule has 0 atom stereocenters. The van der Waals surface area contributed by atoms with Crippen molar-refractivity contribution < 1.29 is 14.3 Å². The fourth-order valence-electron chi connectivity index (χ4n) is 2.38. The molecule has 0 radical (unpaired) electrons. The van der Waals surface area contributed by atoms with Crippen molar-refractivity contribution in [2.45, 2.75) is 6.92 Å². The molecule has 3 aromatic carbocycles. The van der Waals surface area contributed by atoms with E-state index in [1.54, 1.807) is 30.3 Å². The molecular weight excluding hydrogens is 427 g/mol. The summed E-state index contributed by atoms with van der Waals surface area (Å²) >= 11 is 2.15. The van der Waals surface area contributed by atoms with Gasteiger partial charge in [-0.25, -0.2) is 9.59 Å². The number of rotatable bonds is 3. The zero-order valence-corrected chi connectivity index (χ0v) is 15.7. The molecule has 0 saturated heterocycles. The summed E-state index contributed by atoms with van der Waals surface area (Å²) in [7, 11) is 0. The monoisotopic (exact) mass is 442 g/mol. The van der Waals surface area contributed by atoms with Crippen LogP contribution in [0.3, 0.4) is 0 Å². The van der Waals surface area contributed by atoms with Gasteiger partial charge in [0.05, 0.1) is 11.1 Å². The predicted molar refractivity (Wildman–Crippen MR) is 106 cm³/mol. The Bertz CT molecular complexity index is 933. The van der Waals surface area contributed by atoms with E-state index in [2.05, 4.69) is 22.6 Å². The van der Waals surface area contributed by atoms with Crippen molar-refractivity contribution in [3.8, 4) is 11.1 Å². The van der Waals surface area contributed by atoms with Crippen LogP contribution in [0.4, 0.5) is 0 Å². The van der Waals surface area contributed by atoms with E-state index in [0.717, 1.165) is 20.3 Å². The van der Waals surface area contributed by atoms with Crippen LogP contribution in [-0.2, 0) is 4.74 Å². The van der Waals surface area contributed by atoms with Gasteiger partial charge in [-0.15, -0.1) is 0 Å². The molecule has 25 heavy (non-hydrogen) atoms. The maximum atomic E-state index is 12.3. The van der Waals surface area contributed by atoms with Gasteiger partial charge >= 0.3 is 11.9 Å². The minimum Gasteiger partial charge on any atom is -0.386 e. The second kappa shape index (κ2) is 7.61. The van der Waals surface area contributed by atoms with Gasteiger partial charge in [0.15, 0.2) is 0 Å². The molecule has 0 aliphatic heterocycles. The molecule has 0 amide bonds. The Kier molecular flexibility index (Phi) is 5.28. The number of benzene rings is 3. The average molecular weight is 442 g/mol. The Hall–Kier alpha value is -2.47. The van der Waals surface area contributed by atoms with Crippen LogP contribution in [0.1, 0.15) is 26.3 Å². The highest BCUT2D eigenvalue weighted by Crippen LogP contribution is 2.21. The molecule has 0 bridgehead atoms. The van der Waals surface area contributed by atoms with E-state index in [1.165, 1.54) is 0 Å². The lowest BCUT2D eigenvalue weighted by molar-refractivity contribution is 0.0398. The second-order valence-corrected chi connectivity index (χ2v) is 6.75. The first-order valence-electron chi connectivity index (χ1n) is 7.73. The molecule has 0 spiro atoms. The molecular formula is C21H15IO3. The Morgan fingerprint density at radius 2 is 1.40 bits per heavy atom. The van der Waals surface area contributed by atoms with Crippen LogP contribution in [0.15, 0.2) is 72.8 Å². The van der Waals surface area contributed by atoms with Gasteiger partial charge in [0, 0.05) is 3.57 Å². The summed E-state index contributed by atoms with van der Waals surface area (Å²) in [6.07, 6.45) is 0. The summed E-state index contributed by atoms with van der Waals surface area (Å²) in [5.74, 6) is -1.30. The van der Waals surface area contributed by atoms with E-state index in [4.69, 9.17) is 4.74 Å². The number of halogens is 1. The van der Waals surface area contributed by atoms with E-state index in [9.17, 15) is 9.59 Å². The Morgan fingerprint density at radius 3 is 2.08 bits per heavy atom. The topological polar surface area (TPSA) is 43.4 Å². The third kappa shape index (κ3) is 4.14. The summed E-state index contributed by atoms with van der Waals surface area (Å²) in [4.78, 5) is 24.5. The molecule has 3 nitrogen and oxygen atoms in total. The van der Waals surface area contributed by atoms with Crippen molar-refractivity contribution in [2.24, 2.45) is 0 Å². The predicted octanol–water partition coefficient (Wildman–Crippen LogP) is 5.26. The van der Waals surface area contributed by atoms with Gasteiger partial charge in [0.2, 0.25) is 0 Å². The van der Waals surface area contributed by atoms with E-state index < -0.39 is 11.9 Å². The van der Waals surface area contributed by atoms with Gasteiger partial charge in [-0.05, 0) is 70.5 Å². The molecule has 0 aliphatic rings. The largest absolute Gasteiger partial charge is 0.386 e. The first kappa shape index (κ1) is 17.4. The van der Waals surface area contributed by atoms with Crippen molar-refractivity contribution in [3.63, 3.8) is 0 Å². The molecule has 3 aromatic rings. The van der Waals surface area contributed by atoms with Crippen molar-refractivity contribution in [1.29, 1.82) is 0 Å². The van der Waals surface area contributed by atoms with Crippen LogP contribution in [0, 0.1) is 10.5 Å². The minimum absolute atomic E-state index is 0.344. The van der Waals surface area contributed by atoms with E-state index >= 15 is 0 Å². The summed E-state index contributed by atoms with van der Waals surface area (Å²) in [6, 6.07) is 22.0. The number of carbonyl (C=O) groups excluding carboxylic acids is 2. The van der Waals surface area contributed by atoms with Crippen LogP contribution in [0.2, 0.25) is 0 Å². The minimum atomic E-state index is -0.654. The molecule has 0 heterocycles. The third-order valence-electron chi connectivity index (χ3n) is 3.80. The van der Waals surface area contributed by atoms with E-state index in [1.807, 2.05) is 49.4 Å². The zero-order valence-electron chi connectivity index (χ0n) is 13.5. The molecule has 0 unspecified atom stereocenters. The fraction of sp³-hybridized carbons (Fsp3) is 0.0476.